The predicted octanol–water partition coefficient (Wildman–Crippen LogP) is 4.90. The lowest BCUT2D eigenvalue weighted by atomic mass is 10.2. The number of halogens is 1. The molecule has 4 rings (SSSR count). The van der Waals surface area contributed by atoms with E-state index in [0.717, 1.165) is 26.3 Å². The Hall–Kier alpha value is -2.93. The number of H-pyrrole nitrogens is 1. The molecule has 2 aromatic heterocycles. The zero-order chi connectivity index (χ0) is 17.6. The SMILES string of the molecule is Cn1c(=O)cc(N=Nc2c(O)[nH]c3ccc(Br)cc23)c2ccccc21. The Morgan fingerprint density at radius 2 is 1.88 bits per heavy atom. The average Bonchev–Trinajstić information content (AvgIpc) is 2.91. The highest BCUT2D eigenvalue weighted by molar-refractivity contribution is 9.10. The van der Waals surface area contributed by atoms with Crippen LogP contribution in [0.25, 0.3) is 21.8 Å². The Kier molecular flexibility index (Phi) is 3.65. The molecule has 25 heavy (non-hydrogen) atoms. The molecule has 0 bridgehead atoms. The molecule has 0 saturated carbocycles. The summed E-state index contributed by atoms with van der Waals surface area (Å²) in [5.74, 6) is -0.0648. The molecular formula is C18H13BrN4O2. The third-order valence-electron chi connectivity index (χ3n) is 4.10. The molecule has 7 heteroatoms. The van der Waals surface area contributed by atoms with Gasteiger partial charge < -0.3 is 14.7 Å². The molecule has 2 N–H and O–H groups in total. The van der Waals surface area contributed by atoms with Crippen LogP contribution < -0.4 is 5.56 Å². The van der Waals surface area contributed by atoms with Gasteiger partial charge in [-0.25, -0.2) is 0 Å². The number of para-hydroxylation sites is 1. The van der Waals surface area contributed by atoms with Crippen molar-refractivity contribution in [3.8, 4) is 5.88 Å². The van der Waals surface area contributed by atoms with Gasteiger partial charge in [-0.1, -0.05) is 34.1 Å². The van der Waals surface area contributed by atoms with E-state index in [1.54, 1.807) is 11.6 Å². The Morgan fingerprint density at radius 1 is 1.08 bits per heavy atom. The van der Waals surface area contributed by atoms with Crippen LogP contribution in [0.5, 0.6) is 5.88 Å². The van der Waals surface area contributed by atoms with E-state index in [1.807, 2.05) is 42.5 Å². The quantitative estimate of drug-likeness (QED) is 0.472. The lowest BCUT2D eigenvalue weighted by Gasteiger charge is -2.05. The molecule has 0 spiro atoms. The Morgan fingerprint density at radius 3 is 2.72 bits per heavy atom. The van der Waals surface area contributed by atoms with Crippen molar-refractivity contribution in [2.75, 3.05) is 0 Å². The lowest BCUT2D eigenvalue weighted by molar-refractivity contribution is 0.459. The van der Waals surface area contributed by atoms with Gasteiger partial charge in [-0.2, -0.15) is 0 Å². The molecule has 0 saturated heterocycles. The van der Waals surface area contributed by atoms with Gasteiger partial charge in [-0.15, -0.1) is 10.2 Å². The topological polar surface area (TPSA) is 82.7 Å². The van der Waals surface area contributed by atoms with Gasteiger partial charge in [0.05, 0.1) is 11.0 Å². The van der Waals surface area contributed by atoms with Gasteiger partial charge in [0.2, 0.25) is 5.88 Å². The molecule has 0 amide bonds. The Bertz CT molecular complexity index is 1210. The number of benzene rings is 2. The number of rotatable bonds is 2. The molecule has 0 radical (unpaired) electrons. The van der Waals surface area contributed by atoms with E-state index in [9.17, 15) is 9.90 Å². The average molecular weight is 397 g/mol. The molecule has 0 fully saturated rings. The molecule has 2 aromatic carbocycles. The molecule has 6 nitrogen and oxygen atoms in total. The number of aromatic nitrogens is 2. The van der Waals surface area contributed by atoms with Crippen LogP contribution in [0.15, 0.2) is 68.0 Å². The molecular weight excluding hydrogens is 384 g/mol. The largest absolute Gasteiger partial charge is 0.493 e. The van der Waals surface area contributed by atoms with Crippen LogP contribution in [0.2, 0.25) is 0 Å². The highest BCUT2D eigenvalue weighted by Crippen LogP contribution is 2.38. The zero-order valence-electron chi connectivity index (χ0n) is 13.2. The summed E-state index contributed by atoms with van der Waals surface area (Å²) < 4.78 is 2.43. The van der Waals surface area contributed by atoms with Gasteiger partial charge in [-0.3, -0.25) is 4.79 Å². The maximum absolute atomic E-state index is 12.1. The molecule has 0 unspecified atom stereocenters. The van der Waals surface area contributed by atoms with Gasteiger partial charge in [0, 0.05) is 28.4 Å². The summed E-state index contributed by atoms with van der Waals surface area (Å²) in [7, 11) is 1.72. The van der Waals surface area contributed by atoms with E-state index >= 15 is 0 Å². The molecule has 124 valence electrons. The second-order valence-corrected chi connectivity index (χ2v) is 6.57. The number of aromatic hydroxyl groups is 1. The van der Waals surface area contributed by atoms with Crippen molar-refractivity contribution in [3.05, 3.63) is 63.4 Å². The molecule has 2 heterocycles. The Balaban J connectivity index is 1.90. The molecule has 0 aliphatic carbocycles. The predicted molar refractivity (Wildman–Crippen MR) is 101 cm³/mol. The number of fused-ring (bicyclic) bond motifs is 2. The van der Waals surface area contributed by atoms with E-state index in [2.05, 4.69) is 31.1 Å². The van der Waals surface area contributed by atoms with E-state index in [0.29, 0.717) is 11.4 Å². The molecule has 0 aliphatic heterocycles. The second-order valence-electron chi connectivity index (χ2n) is 5.66. The summed E-state index contributed by atoms with van der Waals surface area (Å²) in [5.41, 5.74) is 2.15. The maximum atomic E-state index is 12.1. The van der Waals surface area contributed by atoms with Crippen LogP contribution in [0.3, 0.4) is 0 Å². The third-order valence-corrected chi connectivity index (χ3v) is 4.60. The lowest BCUT2D eigenvalue weighted by Crippen LogP contribution is -2.15. The number of aryl methyl sites for hydroxylation is 1. The highest BCUT2D eigenvalue weighted by atomic mass is 79.9. The first-order valence-corrected chi connectivity index (χ1v) is 8.34. The number of azo groups is 1. The second kappa shape index (κ2) is 5.86. The fourth-order valence-electron chi connectivity index (χ4n) is 2.82. The minimum atomic E-state index is -0.168. The summed E-state index contributed by atoms with van der Waals surface area (Å²) in [4.78, 5) is 15.0. The minimum absolute atomic E-state index is 0.0648. The number of pyridine rings is 1. The maximum Gasteiger partial charge on any atom is 0.252 e. The van der Waals surface area contributed by atoms with Crippen LogP contribution in [-0.2, 0) is 7.05 Å². The molecule has 0 aliphatic rings. The summed E-state index contributed by atoms with van der Waals surface area (Å²) in [6.07, 6.45) is 0. The van der Waals surface area contributed by atoms with Crippen molar-refractivity contribution in [3.63, 3.8) is 0 Å². The smallest absolute Gasteiger partial charge is 0.252 e. The first kappa shape index (κ1) is 15.6. The molecule has 0 atom stereocenters. The minimum Gasteiger partial charge on any atom is -0.493 e. The highest BCUT2D eigenvalue weighted by Gasteiger charge is 2.11. The summed E-state index contributed by atoms with van der Waals surface area (Å²) >= 11 is 3.41. The van der Waals surface area contributed by atoms with Crippen molar-refractivity contribution in [1.82, 2.24) is 9.55 Å². The summed E-state index contributed by atoms with van der Waals surface area (Å²) in [6.45, 7) is 0. The summed E-state index contributed by atoms with van der Waals surface area (Å²) in [6, 6.07) is 14.5. The monoisotopic (exact) mass is 396 g/mol. The number of aromatic amines is 1. The van der Waals surface area contributed by atoms with Crippen molar-refractivity contribution in [2.24, 2.45) is 17.3 Å². The fourth-order valence-corrected chi connectivity index (χ4v) is 3.18. The Labute approximate surface area is 150 Å². The first-order valence-electron chi connectivity index (χ1n) is 7.55. The van der Waals surface area contributed by atoms with E-state index < -0.39 is 0 Å². The van der Waals surface area contributed by atoms with Gasteiger partial charge in [0.15, 0.2) is 5.69 Å². The standard InChI is InChI=1S/C18H13BrN4O2/c1-23-15-5-3-2-4-11(15)14(9-16(23)24)21-22-17-12-8-10(19)6-7-13(12)20-18(17)25/h2-9,20,25H,1H3. The van der Waals surface area contributed by atoms with Crippen molar-refractivity contribution in [2.45, 2.75) is 0 Å². The van der Waals surface area contributed by atoms with Gasteiger partial charge in [0.25, 0.3) is 5.56 Å². The fraction of sp³-hybridized carbons (Fsp3) is 0.0556. The van der Waals surface area contributed by atoms with Crippen molar-refractivity contribution in [1.29, 1.82) is 0 Å². The van der Waals surface area contributed by atoms with Crippen LogP contribution >= 0.6 is 15.9 Å². The van der Waals surface area contributed by atoms with E-state index in [-0.39, 0.29) is 11.4 Å². The summed E-state index contributed by atoms with van der Waals surface area (Å²) in [5, 5.41) is 20.1. The van der Waals surface area contributed by atoms with Crippen LogP contribution in [0.1, 0.15) is 0 Å². The normalized spacial score (nSPS) is 11.8. The number of hydrogen-bond acceptors (Lipinski definition) is 4. The van der Waals surface area contributed by atoms with E-state index in [1.165, 1.54) is 6.07 Å². The van der Waals surface area contributed by atoms with Crippen LogP contribution in [0.4, 0.5) is 11.4 Å². The molecule has 4 aromatic rings. The van der Waals surface area contributed by atoms with Gasteiger partial charge in [0.1, 0.15) is 5.69 Å². The van der Waals surface area contributed by atoms with Crippen molar-refractivity contribution >= 4 is 49.1 Å². The van der Waals surface area contributed by atoms with Crippen molar-refractivity contribution < 1.29 is 5.11 Å². The van der Waals surface area contributed by atoms with E-state index in [4.69, 9.17) is 0 Å². The van der Waals surface area contributed by atoms with Crippen LogP contribution in [0, 0.1) is 0 Å². The number of hydrogen-bond donors (Lipinski definition) is 2. The third kappa shape index (κ3) is 2.62. The first-order chi connectivity index (χ1) is 12.0. The van der Waals surface area contributed by atoms with Gasteiger partial charge >= 0.3 is 0 Å². The van der Waals surface area contributed by atoms with Crippen LogP contribution in [-0.4, -0.2) is 14.7 Å². The number of nitrogens with zero attached hydrogens (tertiary/aromatic N) is 3. The zero-order valence-corrected chi connectivity index (χ0v) is 14.8. The van der Waals surface area contributed by atoms with Gasteiger partial charge in [-0.05, 0) is 24.3 Å². The number of nitrogens with one attached hydrogen (secondary N) is 1.